The summed E-state index contributed by atoms with van der Waals surface area (Å²) in [6.07, 6.45) is 9.11. The lowest BCUT2D eigenvalue weighted by Gasteiger charge is -2.29. The van der Waals surface area contributed by atoms with E-state index >= 15 is 0 Å². The summed E-state index contributed by atoms with van der Waals surface area (Å²) in [5.41, 5.74) is 20.3. The molecule has 6 heteroatoms. The van der Waals surface area contributed by atoms with E-state index in [0.717, 1.165) is 95.1 Å². The molecule has 6 nitrogen and oxygen atoms in total. The predicted molar refractivity (Wildman–Crippen MR) is 340 cm³/mol. The number of anilines is 2. The zero-order chi connectivity index (χ0) is 53.8. The number of allylic oxidation sites excluding steroid dienone is 2. The summed E-state index contributed by atoms with van der Waals surface area (Å²) >= 11 is 0. The first-order chi connectivity index (χ1) is 40.7. The van der Waals surface area contributed by atoms with E-state index in [4.69, 9.17) is 9.97 Å². The van der Waals surface area contributed by atoms with Gasteiger partial charge in [-0.2, -0.15) is 0 Å². The highest BCUT2D eigenvalue weighted by Gasteiger charge is 2.37. The zero-order valence-corrected chi connectivity index (χ0v) is 44.6. The summed E-state index contributed by atoms with van der Waals surface area (Å²) in [7, 11) is 0. The number of hydrogen-bond acceptors (Lipinski definition) is 3. The smallest absolute Gasteiger partial charge is 0.160 e. The van der Waals surface area contributed by atoms with Gasteiger partial charge < -0.3 is 18.6 Å². The van der Waals surface area contributed by atoms with E-state index in [0.29, 0.717) is 5.82 Å². The first kappa shape index (κ1) is 46.1. The lowest BCUT2D eigenvalue weighted by atomic mass is 9.91. The molecule has 0 bridgehead atoms. The number of aromatic nitrogens is 5. The maximum atomic E-state index is 5.83. The van der Waals surface area contributed by atoms with E-state index in [1.165, 1.54) is 43.6 Å². The van der Waals surface area contributed by atoms with Crippen molar-refractivity contribution in [3.8, 4) is 62.1 Å². The van der Waals surface area contributed by atoms with Crippen LogP contribution < -0.4 is 4.90 Å². The number of rotatable bonds is 8. The first-order valence-electron chi connectivity index (χ1n) is 28.2. The van der Waals surface area contributed by atoms with Gasteiger partial charge in [-0.1, -0.05) is 200 Å². The Labute approximate surface area is 473 Å². The third-order valence-electron chi connectivity index (χ3n) is 17.1. The standard InChI is InChI=1S/C76H50N6/c1-2-21-49(22-3-1)50-23-20-24-51(41-50)66-48-67(52-42-54(79-68-33-12-4-25-58(68)59-26-5-13-34-69(59)79)46-55(43-52)80-70-35-14-6-27-60(70)61-28-7-15-36-71(61)80)78-76(77-66)53-44-56(81-72-37-16-8-29-62(72)63-30-9-17-38-73(63)81)47-57(45-53)82-74-39-18-10-31-64(74)65-32-11-19-40-75(65)82/h1-48,58,68H. The van der Waals surface area contributed by atoms with Gasteiger partial charge in [0.2, 0.25) is 0 Å². The van der Waals surface area contributed by atoms with Crippen molar-refractivity contribution in [1.82, 2.24) is 23.7 Å². The summed E-state index contributed by atoms with van der Waals surface area (Å²) < 4.78 is 7.27. The van der Waals surface area contributed by atoms with Gasteiger partial charge >= 0.3 is 0 Å². The molecule has 0 saturated heterocycles. The van der Waals surface area contributed by atoms with Crippen LogP contribution in [0.3, 0.4) is 0 Å². The Balaban J connectivity index is 0.961. The molecule has 4 aromatic heterocycles. The molecule has 384 valence electrons. The van der Waals surface area contributed by atoms with Gasteiger partial charge in [0.15, 0.2) is 5.82 Å². The van der Waals surface area contributed by atoms with E-state index in [1.54, 1.807) is 0 Å². The van der Waals surface area contributed by atoms with Gasteiger partial charge in [-0.15, -0.1) is 0 Å². The second-order valence-corrected chi connectivity index (χ2v) is 21.7. The van der Waals surface area contributed by atoms with Crippen molar-refractivity contribution in [2.45, 2.75) is 12.0 Å². The second-order valence-electron chi connectivity index (χ2n) is 21.7. The van der Waals surface area contributed by atoms with E-state index in [9.17, 15) is 0 Å². The molecule has 0 saturated carbocycles. The molecule has 2 atom stereocenters. The summed E-state index contributed by atoms with van der Waals surface area (Å²) in [5, 5.41) is 7.23. The maximum Gasteiger partial charge on any atom is 0.160 e. The molecule has 0 spiro atoms. The number of para-hydroxylation sites is 7. The van der Waals surface area contributed by atoms with E-state index in [2.05, 4.69) is 310 Å². The Morgan fingerprint density at radius 3 is 1.22 bits per heavy atom. The molecule has 0 fully saturated rings. The highest BCUT2D eigenvalue weighted by atomic mass is 15.2. The van der Waals surface area contributed by atoms with Gasteiger partial charge in [-0.25, -0.2) is 9.97 Å². The van der Waals surface area contributed by atoms with E-state index in [1.807, 2.05) is 0 Å². The number of nitrogens with zero attached hydrogens (tertiary/aromatic N) is 6. The maximum absolute atomic E-state index is 5.83. The number of fused-ring (bicyclic) bond motifs is 12. The van der Waals surface area contributed by atoms with Gasteiger partial charge in [0.05, 0.1) is 50.5 Å². The molecule has 15 aromatic rings. The summed E-state index contributed by atoms with van der Waals surface area (Å²) in [5.74, 6) is 0.833. The van der Waals surface area contributed by atoms with Crippen molar-refractivity contribution in [3.63, 3.8) is 0 Å². The van der Waals surface area contributed by atoms with Crippen LogP contribution in [0.4, 0.5) is 11.4 Å². The Morgan fingerprint density at radius 1 is 0.280 bits per heavy atom. The van der Waals surface area contributed by atoms with Crippen molar-refractivity contribution in [3.05, 3.63) is 297 Å². The monoisotopic (exact) mass is 1050 g/mol. The summed E-state index contributed by atoms with van der Waals surface area (Å²) in [6, 6.07) is 97.2. The van der Waals surface area contributed by atoms with Crippen molar-refractivity contribution in [1.29, 1.82) is 0 Å². The lowest BCUT2D eigenvalue weighted by molar-refractivity contribution is 0.744. The minimum atomic E-state index is 0.0868. The molecule has 0 radical (unpaired) electrons. The molecule has 2 unspecified atom stereocenters. The van der Waals surface area contributed by atoms with Crippen LogP contribution in [-0.4, -0.2) is 29.7 Å². The van der Waals surface area contributed by atoms with Crippen molar-refractivity contribution in [2.24, 2.45) is 0 Å². The number of hydrogen-bond donors (Lipinski definition) is 0. The van der Waals surface area contributed by atoms with E-state index < -0.39 is 0 Å². The van der Waals surface area contributed by atoms with Crippen LogP contribution in [0.2, 0.25) is 0 Å². The van der Waals surface area contributed by atoms with Crippen LogP contribution in [0.5, 0.6) is 0 Å². The van der Waals surface area contributed by atoms with Crippen molar-refractivity contribution < 1.29 is 0 Å². The first-order valence-corrected chi connectivity index (χ1v) is 28.2. The number of benzene rings is 11. The predicted octanol–water partition coefficient (Wildman–Crippen LogP) is 19.2. The topological polar surface area (TPSA) is 43.8 Å². The highest BCUT2D eigenvalue weighted by Crippen LogP contribution is 2.49. The quantitative estimate of drug-likeness (QED) is 0.152. The minimum absolute atomic E-state index is 0.0868. The molecule has 17 rings (SSSR count). The molecule has 2 aliphatic rings. The van der Waals surface area contributed by atoms with Crippen LogP contribution in [0, 0.1) is 0 Å². The molecular formula is C76H50N6. The molecule has 1 aliphatic carbocycles. The van der Waals surface area contributed by atoms with Gasteiger partial charge in [0.1, 0.15) is 0 Å². The van der Waals surface area contributed by atoms with Gasteiger partial charge in [-0.05, 0) is 108 Å². The SMILES string of the molecule is C1=CC2c3ccccc3N(c3cc(-c4cc(-c5cccc(-c6ccccc6)c5)nc(-c5cc(-n6c7ccccc7c7ccccc76)cc(-n6c7ccccc7c7ccccc76)c5)n4)cc(-n4c5ccccc5c5ccccc54)c3)C2C=C1. The Hall–Kier alpha value is -10.8. The van der Waals surface area contributed by atoms with Crippen LogP contribution >= 0.6 is 0 Å². The normalized spacial score (nSPS) is 14.7. The Morgan fingerprint density at radius 2 is 0.683 bits per heavy atom. The third-order valence-corrected chi connectivity index (χ3v) is 17.1. The van der Waals surface area contributed by atoms with Gasteiger partial charge in [0, 0.05) is 83.4 Å². The molecule has 5 heterocycles. The molecule has 82 heavy (non-hydrogen) atoms. The average Bonchev–Trinajstić information content (AvgIpc) is 4.48. The average molecular weight is 1050 g/mol. The van der Waals surface area contributed by atoms with Gasteiger partial charge in [-0.3, -0.25) is 0 Å². The molecule has 1 aliphatic heterocycles. The third kappa shape index (κ3) is 7.21. The molecule has 11 aromatic carbocycles. The zero-order valence-electron chi connectivity index (χ0n) is 44.6. The fourth-order valence-electron chi connectivity index (χ4n) is 13.5. The minimum Gasteiger partial charge on any atom is -0.333 e. The Kier molecular flexibility index (Phi) is 10.3. The largest absolute Gasteiger partial charge is 0.333 e. The van der Waals surface area contributed by atoms with Crippen LogP contribution in [-0.2, 0) is 0 Å². The summed E-state index contributed by atoms with van der Waals surface area (Å²) in [4.78, 5) is 14.1. The van der Waals surface area contributed by atoms with Crippen molar-refractivity contribution >= 4 is 76.8 Å². The fraction of sp³-hybridized carbons (Fsp3) is 0.0263. The Bertz CT molecular complexity index is 4860. The fourth-order valence-corrected chi connectivity index (χ4v) is 13.5. The highest BCUT2D eigenvalue weighted by molar-refractivity contribution is 6.12. The van der Waals surface area contributed by atoms with Crippen LogP contribution in [0.25, 0.3) is 128 Å². The van der Waals surface area contributed by atoms with Crippen LogP contribution in [0.1, 0.15) is 11.5 Å². The van der Waals surface area contributed by atoms with Gasteiger partial charge in [0.25, 0.3) is 0 Å². The van der Waals surface area contributed by atoms with Crippen molar-refractivity contribution in [2.75, 3.05) is 4.90 Å². The lowest BCUT2D eigenvalue weighted by Crippen LogP contribution is -2.28. The molecular weight excluding hydrogens is 997 g/mol. The molecule has 0 amide bonds. The van der Waals surface area contributed by atoms with E-state index in [-0.39, 0.29) is 12.0 Å². The van der Waals surface area contributed by atoms with Crippen LogP contribution in [0.15, 0.2) is 291 Å². The molecule has 0 N–H and O–H groups in total. The second kappa shape index (κ2) is 18.4. The summed E-state index contributed by atoms with van der Waals surface area (Å²) in [6.45, 7) is 0.